The highest BCUT2D eigenvalue weighted by atomic mass is 16.5. The molecule has 0 fully saturated rings. The fourth-order valence-electron chi connectivity index (χ4n) is 0.979. The largest absolute Gasteiger partial charge is 0.497 e. The lowest BCUT2D eigenvalue weighted by atomic mass is 10.0. The minimum absolute atomic E-state index is 0.674. The van der Waals surface area contributed by atoms with Crippen LogP contribution in [0.3, 0.4) is 0 Å². The summed E-state index contributed by atoms with van der Waals surface area (Å²) >= 11 is 0. The van der Waals surface area contributed by atoms with Crippen LogP contribution in [0.4, 0.5) is 0 Å². The van der Waals surface area contributed by atoms with E-state index in [1.807, 2.05) is 0 Å². The summed E-state index contributed by atoms with van der Waals surface area (Å²) in [7, 11) is 1.56. The van der Waals surface area contributed by atoms with E-state index < -0.39 is 11.9 Å². The Kier molecular flexibility index (Phi) is 2.90. The SMILES string of the molecule is [CH2]C(C(=O)O)c1ccc(OC)cc1. The molecule has 1 radical (unpaired) electrons. The molecule has 0 aliphatic heterocycles. The molecule has 1 rings (SSSR count). The Morgan fingerprint density at radius 2 is 2.00 bits per heavy atom. The van der Waals surface area contributed by atoms with Gasteiger partial charge in [-0.1, -0.05) is 12.1 Å². The van der Waals surface area contributed by atoms with Crippen molar-refractivity contribution in [1.82, 2.24) is 0 Å². The molecule has 0 heterocycles. The molecule has 1 atom stereocenters. The number of carboxylic acids is 1. The predicted molar refractivity (Wildman–Crippen MR) is 48.7 cm³/mol. The number of hydrogen-bond acceptors (Lipinski definition) is 2. The summed E-state index contributed by atoms with van der Waals surface area (Å²) in [5, 5.41) is 8.67. The van der Waals surface area contributed by atoms with Crippen LogP contribution in [0, 0.1) is 6.92 Å². The molecule has 0 aromatic heterocycles. The van der Waals surface area contributed by atoms with Crippen LogP contribution in [0.25, 0.3) is 0 Å². The Morgan fingerprint density at radius 3 is 2.38 bits per heavy atom. The number of rotatable bonds is 3. The molecule has 1 N–H and O–H groups in total. The van der Waals surface area contributed by atoms with Gasteiger partial charge in [0.05, 0.1) is 13.0 Å². The van der Waals surface area contributed by atoms with Gasteiger partial charge in [-0.15, -0.1) is 0 Å². The van der Waals surface area contributed by atoms with Crippen LogP contribution in [0.2, 0.25) is 0 Å². The van der Waals surface area contributed by atoms with Crippen molar-refractivity contribution < 1.29 is 14.6 Å². The first-order valence-electron chi connectivity index (χ1n) is 3.85. The summed E-state index contributed by atoms with van der Waals surface area (Å²) in [6, 6.07) is 6.84. The van der Waals surface area contributed by atoms with Crippen LogP contribution in [0.15, 0.2) is 24.3 Å². The molecule has 0 aliphatic carbocycles. The van der Waals surface area contributed by atoms with Crippen molar-refractivity contribution in [3.05, 3.63) is 36.8 Å². The lowest BCUT2D eigenvalue weighted by Gasteiger charge is -2.06. The van der Waals surface area contributed by atoms with Gasteiger partial charge in [0.25, 0.3) is 0 Å². The Morgan fingerprint density at radius 1 is 1.46 bits per heavy atom. The van der Waals surface area contributed by atoms with Gasteiger partial charge in [-0.05, 0) is 24.6 Å². The molecule has 0 bridgehead atoms. The van der Waals surface area contributed by atoms with Gasteiger partial charge in [-0.2, -0.15) is 0 Å². The maximum Gasteiger partial charge on any atom is 0.310 e. The number of benzene rings is 1. The maximum atomic E-state index is 10.6. The lowest BCUT2D eigenvalue weighted by molar-refractivity contribution is -0.137. The molecular weight excluding hydrogens is 168 g/mol. The zero-order chi connectivity index (χ0) is 9.84. The zero-order valence-corrected chi connectivity index (χ0v) is 7.36. The molecule has 0 saturated carbocycles. The van der Waals surface area contributed by atoms with E-state index >= 15 is 0 Å². The molecule has 1 aromatic carbocycles. The fourth-order valence-corrected chi connectivity index (χ4v) is 0.979. The molecule has 0 aliphatic rings. The van der Waals surface area contributed by atoms with Crippen LogP contribution in [-0.4, -0.2) is 18.2 Å². The van der Waals surface area contributed by atoms with Gasteiger partial charge in [-0.25, -0.2) is 0 Å². The third-order valence-electron chi connectivity index (χ3n) is 1.82. The Labute approximate surface area is 77.0 Å². The second-order valence-electron chi connectivity index (χ2n) is 2.66. The van der Waals surface area contributed by atoms with Gasteiger partial charge in [-0.3, -0.25) is 4.79 Å². The average molecular weight is 179 g/mol. The first kappa shape index (κ1) is 9.58. The summed E-state index contributed by atoms with van der Waals surface area (Å²) in [5.74, 6) is -0.933. The summed E-state index contributed by atoms with van der Waals surface area (Å²) < 4.78 is 4.94. The average Bonchev–Trinajstić information content (AvgIpc) is 2.17. The van der Waals surface area contributed by atoms with Gasteiger partial charge in [0.2, 0.25) is 0 Å². The lowest BCUT2D eigenvalue weighted by Crippen LogP contribution is -2.07. The van der Waals surface area contributed by atoms with Crippen molar-refractivity contribution in [3.8, 4) is 5.75 Å². The number of aliphatic carboxylic acids is 1. The first-order valence-corrected chi connectivity index (χ1v) is 3.85. The van der Waals surface area contributed by atoms with Gasteiger partial charge in [0.15, 0.2) is 0 Å². The Balaban J connectivity index is 2.85. The molecule has 69 valence electrons. The molecule has 0 amide bonds. The highest BCUT2D eigenvalue weighted by Crippen LogP contribution is 2.18. The van der Waals surface area contributed by atoms with Crippen molar-refractivity contribution >= 4 is 5.97 Å². The van der Waals surface area contributed by atoms with Crippen LogP contribution < -0.4 is 4.74 Å². The fraction of sp³-hybridized carbons (Fsp3) is 0.200. The first-order chi connectivity index (χ1) is 6.15. The smallest absolute Gasteiger partial charge is 0.310 e. The summed E-state index contributed by atoms with van der Waals surface area (Å²) in [6.07, 6.45) is 0. The van der Waals surface area contributed by atoms with E-state index in [0.717, 1.165) is 0 Å². The molecule has 1 aromatic rings. The van der Waals surface area contributed by atoms with Gasteiger partial charge in [0, 0.05) is 0 Å². The van der Waals surface area contributed by atoms with Gasteiger partial charge < -0.3 is 9.84 Å². The van der Waals surface area contributed by atoms with Crippen LogP contribution in [-0.2, 0) is 4.79 Å². The minimum atomic E-state index is -0.926. The number of methoxy groups -OCH3 is 1. The van der Waals surface area contributed by atoms with Crippen molar-refractivity contribution in [1.29, 1.82) is 0 Å². The minimum Gasteiger partial charge on any atom is -0.497 e. The van der Waals surface area contributed by atoms with E-state index in [1.54, 1.807) is 31.4 Å². The van der Waals surface area contributed by atoms with Crippen LogP contribution in [0.5, 0.6) is 5.75 Å². The molecule has 13 heavy (non-hydrogen) atoms. The summed E-state index contributed by atoms with van der Waals surface area (Å²) in [5.41, 5.74) is 0.674. The normalized spacial score (nSPS) is 12.2. The summed E-state index contributed by atoms with van der Waals surface area (Å²) in [6.45, 7) is 3.52. The Hall–Kier alpha value is -1.51. The summed E-state index contributed by atoms with van der Waals surface area (Å²) in [4.78, 5) is 10.6. The van der Waals surface area contributed by atoms with Crippen molar-refractivity contribution in [2.24, 2.45) is 0 Å². The number of carbonyl (C=O) groups is 1. The zero-order valence-electron chi connectivity index (χ0n) is 7.36. The van der Waals surface area contributed by atoms with Crippen LogP contribution in [0.1, 0.15) is 11.5 Å². The number of hydrogen-bond donors (Lipinski definition) is 1. The van der Waals surface area contributed by atoms with Crippen LogP contribution >= 0.6 is 0 Å². The molecule has 3 heteroatoms. The second-order valence-corrected chi connectivity index (χ2v) is 2.66. The van der Waals surface area contributed by atoms with Crippen molar-refractivity contribution in [3.63, 3.8) is 0 Å². The number of carboxylic acid groups (broad SMARTS) is 1. The third kappa shape index (κ3) is 2.21. The highest BCUT2D eigenvalue weighted by Gasteiger charge is 2.12. The van der Waals surface area contributed by atoms with E-state index in [9.17, 15) is 4.79 Å². The van der Waals surface area contributed by atoms with Gasteiger partial charge >= 0.3 is 5.97 Å². The van der Waals surface area contributed by atoms with E-state index in [0.29, 0.717) is 11.3 Å². The third-order valence-corrected chi connectivity index (χ3v) is 1.82. The van der Waals surface area contributed by atoms with E-state index in [4.69, 9.17) is 9.84 Å². The van der Waals surface area contributed by atoms with E-state index in [-0.39, 0.29) is 0 Å². The highest BCUT2D eigenvalue weighted by molar-refractivity contribution is 5.76. The van der Waals surface area contributed by atoms with E-state index in [2.05, 4.69) is 6.92 Å². The quantitative estimate of drug-likeness (QED) is 0.768. The molecule has 0 spiro atoms. The monoisotopic (exact) mass is 179 g/mol. The molecular formula is C10H11O3. The second kappa shape index (κ2) is 3.94. The predicted octanol–water partition coefficient (Wildman–Crippen LogP) is 1.70. The van der Waals surface area contributed by atoms with E-state index in [1.165, 1.54) is 0 Å². The Bertz CT molecular complexity index is 290. The van der Waals surface area contributed by atoms with Crippen molar-refractivity contribution in [2.45, 2.75) is 5.92 Å². The maximum absolute atomic E-state index is 10.6. The molecule has 1 unspecified atom stereocenters. The van der Waals surface area contributed by atoms with Crippen molar-refractivity contribution in [2.75, 3.05) is 7.11 Å². The topological polar surface area (TPSA) is 46.5 Å². The molecule has 0 saturated heterocycles. The van der Waals surface area contributed by atoms with Gasteiger partial charge in [0.1, 0.15) is 5.75 Å². The number of ether oxygens (including phenoxy) is 1. The molecule has 3 nitrogen and oxygen atoms in total. The standard InChI is InChI=1S/C10H11O3/c1-7(10(11)12)8-3-5-9(13-2)6-4-8/h3-7H,1H2,2H3,(H,11,12).